The normalized spacial score (nSPS) is 15.3. The summed E-state index contributed by atoms with van der Waals surface area (Å²) in [5, 5.41) is 13.2. The number of nitro groups is 1. The van der Waals surface area contributed by atoms with Crippen LogP contribution in [0.15, 0.2) is 59.5 Å². The zero-order valence-electron chi connectivity index (χ0n) is 13.8. The quantitative estimate of drug-likeness (QED) is 0.358. The van der Waals surface area contributed by atoms with Crippen molar-refractivity contribution in [2.45, 2.75) is 0 Å². The number of non-ortho nitro benzene ring substituents is 1. The molecule has 0 unspecified atom stereocenters. The summed E-state index contributed by atoms with van der Waals surface area (Å²) in [5.74, 6) is -0.770. The second kappa shape index (κ2) is 8.11. The molecule has 0 aromatic heterocycles. The minimum Gasteiger partial charge on any atom is -0.325 e. The third-order valence-corrected chi connectivity index (χ3v) is 5.01. The number of benzene rings is 2. The number of amides is 2. The Morgan fingerprint density at radius 3 is 2.48 bits per heavy atom. The largest absolute Gasteiger partial charge is 0.325 e. The van der Waals surface area contributed by atoms with E-state index in [4.69, 9.17) is 12.2 Å². The Hall–Kier alpha value is -3.04. The van der Waals surface area contributed by atoms with Gasteiger partial charge in [0.1, 0.15) is 10.9 Å². The predicted molar refractivity (Wildman–Crippen MR) is 108 cm³/mol. The van der Waals surface area contributed by atoms with Crippen LogP contribution in [0.5, 0.6) is 0 Å². The summed E-state index contributed by atoms with van der Waals surface area (Å²) in [5.41, 5.74) is 1.19. The van der Waals surface area contributed by atoms with E-state index in [9.17, 15) is 19.7 Å². The van der Waals surface area contributed by atoms with Crippen molar-refractivity contribution in [3.05, 3.63) is 75.2 Å². The third-order valence-electron chi connectivity index (χ3n) is 3.63. The molecule has 27 heavy (non-hydrogen) atoms. The summed E-state index contributed by atoms with van der Waals surface area (Å²) in [6, 6.07) is 14.8. The molecular formula is C18H13N3O4S2. The summed E-state index contributed by atoms with van der Waals surface area (Å²) < 4.78 is 0.307. The maximum Gasteiger partial charge on any atom is 0.269 e. The van der Waals surface area contributed by atoms with Crippen LogP contribution in [0, 0.1) is 10.1 Å². The highest BCUT2D eigenvalue weighted by Gasteiger charge is 2.33. The minimum absolute atomic E-state index is 0.0732. The van der Waals surface area contributed by atoms with Gasteiger partial charge in [0.25, 0.3) is 11.6 Å². The zero-order valence-corrected chi connectivity index (χ0v) is 15.5. The van der Waals surface area contributed by atoms with E-state index >= 15 is 0 Å². The molecule has 1 aliphatic rings. The Morgan fingerprint density at radius 2 is 1.85 bits per heavy atom. The topological polar surface area (TPSA) is 92.6 Å². The van der Waals surface area contributed by atoms with Gasteiger partial charge < -0.3 is 5.32 Å². The van der Waals surface area contributed by atoms with Gasteiger partial charge in [-0.15, -0.1) is 0 Å². The lowest BCUT2D eigenvalue weighted by atomic mass is 10.2. The number of hydrogen-bond acceptors (Lipinski definition) is 6. The summed E-state index contributed by atoms with van der Waals surface area (Å²) in [6.07, 6.45) is 1.73. The number of anilines is 1. The van der Waals surface area contributed by atoms with Gasteiger partial charge in [0.15, 0.2) is 0 Å². The number of nitrogens with zero attached hydrogens (tertiary/aromatic N) is 2. The van der Waals surface area contributed by atoms with Crippen LogP contribution in [-0.2, 0) is 9.59 Å². The number of carbonyl (C=O) groups excluding carboxylic acids is 2. The monoisotopic (exact) mass is 399 g/mol. The molecule has 0 radical (unpaired) electrons. The van der Waals surface area contributed by atoms with Gasteiger partial charge in [-0.05, 0) is 23.8 Å². The maximum absolute atomic E-state index is 12.5. The fraction of sp³-hybridized carbons (Fsp3) is 0.0556. The first-order valence-electron chi connectivity index (χ1n) is 7.79. The van der Waals surface area contributed by atoms with Gasteiger partial charge in [-0.3, -0.25) is 24.6 Å². The molecule has 9 heteroatoms. The van der Waals surface area contributed by atoms with E-state index in [2.05, 4.69) is 5.32 Å². The summed E-state index contributed by atoms with van der Waals surface area (Å²) in [6.45, 7) is -0.228. The van der Waals surface area contributed by atoms with Crippen molar-refractivity contribution < 1.29 is 14.5 Å². The average Bonchev–Trinajstić information content (AvgIpc) is 2.90. The predicted octanol–water partition coefficient (Wildman–Crippen LogP) is 3.43. The molecule has 0 aliphatic carbocycles. The van der Waals surface area contributed by atoms with Crippen molar-refractivity contribution in [3.8, 4) is 0 Å². The highest BCUT2D eigenvalue weighted by Crippen LogP contribution is 2.32. The van der Waals surface area contributed by atoms with Crippen molar-refractivity contribution >= 4 is 57.6 Å². The number of hydrogen-bond donors (Lipinski definition) is 1. The van der Waals surface area contributed by atoms with Crippen LogP contribution in [0.4, 0.5) is 11.4 Å². The summed E-state index contributed by atoms with van der Waals surface area (Å²) >= 11 is 6.36. The molecule has 1 N–H and O–H groups in total. The van der Waals surface area contributed by atoms with Crippen molar-refractivity contribution in [2.24, 2.45) is 0 Å². The van der Waals surface area contributed by atoms with Crippen LogP contribution in [0.1, 0.15) is 5.56 Å². The molecule has 0 atom stereocenters. The highest BCUT2D eigenvalue weighted by atomic mass is 32.2. The van der Waals surface area contributed by atoms with Crippen LogP contribution >= 0.6 is 24.0 Å². The molecule has 2 amide bonds. The Bertz CT molecular complexity index is 943. The number of nitro benzene ring substituents is 1. The van der Waals surface area contributed by atoms with Gasteiger partial charge in [-0.1, -0.05) is 54.3 Å². The van der Waals surface area contributed by atoms with Crippen molar-refractivity contribution in [2.75, 3.05) is 11.9 Å². The molecule has 0 bridgehead atoms. The van der Waals surface area contributed by atoms with Crippen LogP contribution < -0.4 is 5.32 Å². The van der Waals surface area contributed by atoms with E-state index in [0.29, 0.717) is 14.9 Å². The van der Waals surface area contributed by atoms with E-state index in [0.717, 1.165) is 17.3 Å². The zero-order chi connectivity index (χ0) is 19.4. The Balaban J connectivity index is 1.65. The molecule has 0 spiro atoms. The van der Waals surface area contributed by atoms with Crippen LogP contribution in [-0.4, -0.2) is 32.5 Å². The van der Waals surface area contributed by atoms with Gasteiger partial charge in [-0.25, -0.2) is 0 Å². The number of thioether (sulfide) groups is 1. The second-order valence-corrected chi connectivity index (χ2v) is 7.21. The van der Waals surface area contributed by atoms with E-state index in [-0.39, 0.29) is 18.1 Å². The van der Waals surface area contributed by atoms with Crippen LogP contribution in [0.3, 0.4) is 0 Å². The van der Waals surface area contributed by atoms with Crippen LogP contribution in [0.2, 0.25) is 0 Å². The molecule has 1 heterocycles. The lowest BCUT2D eigenvalue weighted by Crippen LogP contribution is -2.36. The van der Waals surface area contributed by atoms with Crippen molar-refractivity contribution in [1.82, 2.24) is 4.90 Å². The molecule has 1 aliphatic heterocycles. The van der Waals surface area contributed by atoms with E-state index in [1.165, 1.54) is 29.2 Å². The van der Waals surface area contributed by atoms with Gasteiger partial charge in [-0.2, -0.15) is 0 Å². The fourth-order valence-corrected chi connectivity index (χ4v) is 3.60. The van der Waals surface area contributed by atoms with Gasteiger partial charge in [0.05, 0.1) is 9.83 Å². The number of rotatable bonds is 5. The molecule has 7 nitrogen and oxygen atoms in total. The van der Waals surface area contributed by atoms with E-state index < -0.39 is 10.8 Å². The lowest BCUT2D eigenvalue weighted by molar-refractivity contribution is -0.384. The van der Waals surface area contributed by atoms with Gasteiger partial charge >= 0.3 is 0 Å². The standard InChI is InChI=1S/C18H13N3O4S2/c22-16(19-13-6-8-14(9-7-13)21(24)25)11-20-17(23)15(27-18(20)26)10-12-4-2-1-3-5-12/h1-10H,11H2,(H,19,22)/b15-10-. The first kappa shape index (κ1) is 18.7. The molecule has 136 valence electrons. The third kappa shape index (κ3) is 4.57. The van der Waals surface area contributed by atoms with E-state index in [1.807, 2.05) is 30.3 Å². The Kier molecular flexibility index (Phi) is 5.63. The first-order chi connectivity index (χ1) is 12.9. The number of carbonyl (C=O) groups is 2. The molecular weight excluding hydrogens is 386 g/mol. The molecule has 1 saturated heterocycles. The molecule has 2 aromatic carbocycles. The average molecular weight is 399 g/mol. The Morgan fingerprint density at radius 1 is 1.19 bits per heavy atom. The van der Waals surface area contributed by atoms with Gasteiger partial charge in [0, 0.05) is 17.8 Å². The lowest BCUT2D eigenvalue weighted by Gasteiger charge is -2.14. The molecule has 0 saturated carbocycles. The molecule has 1 fully saturated rings. The van der Waals surface area contributed by atoms with Gasteiger partial charge in [0.2, 0.25) is 5.91 Å². The van der Waals surface area contributed by atoms with Crippen molar-refractivity contribution in [1.29, 1.82) is 0 Å². The van der Waals surface area contributed by atoms with E-state index in [1.54, 1.807) is 6.08 Å². The smallest absolute Gasteiger partial charge is 0.269 e. The highest BCUT2D eigenvalue weighted by molar-refractivity contribution is 8.26. The van der Waals surface area contributed by atoms with Crippen LogP contribution in [0.25, 0.3) is 6.08 Å². The Labute approximate surface area is 164 Å². The SMILES string of the molecule is O=C(CN1C(=O)/C(=C/c2ccccc2)SC1=S)Nc1ccc([N+](=O)[O-])cc1. The summed E-state index contributed by atoms with van der Waals surface area (Å²) in [7, 11) is 0. The maximum atomic E-state index is 12.5. The molecule has 3 rings (SSSR count). The number of thiocarbonyl (C=S) groups is 1. The van der Waals surface area contributed by atoms with Crippen molar-refractivity contribution in [3.63, 3.8) is 0 Å². The minimum atomic E-state index is -0.523. The summed E-state index contributed by atoms with van der Waals surface area (Å²) in [4.78, 5) is 36.6. The number of nitrogens with one attached hydrogen (secondary N) is 1. The fourth-order valence-electron chi connectivity index (χ4n) is 2.35. The molecule has 2 aromatic rings. The first-order valence-corrected chi connectivity index (χ1v) is 9.01. The second-order valence-electron chi connectivity index (χ2n) is 5.53.